The number of halogens is 1. The van der Waals surface area contributed by atoms with Crippen LogP contribution in [0.15, 0.2) is 30.3 Å². The van der Waals surface area contributed by atoms with Crippen LogP contribution in [0.2, 0.25) is 0 Å². The van der Waals surface area contributed by atoms with Gasteiger partial charge in [0.1, 0.15) is 0 Å². The molecule has 21 heavy (non-hydrogen) atoms. The average molecular weight is 312 g/mol. The van der Waals surface area contributed by atoms with Crippen molar-refractivity contribution in [1.82, 2.24) is 10.6 Å². The second kappa shape index (κ2) is 9.37. The number of amides is 2. The van der Waals surface area contributed by atoms with Crippen molar-refractivity contribution in [3.05, 3.63) is 30.3 Å². The highest BCUT2D eigenvalue weighted by Gasteiger charge is 2.17. The Hall–Kier alpha value is -1.59. The minimum absolute atomic E-state index is 0. The normalized spacial score (nSPS) is 16.9. The number of rotatable bonds is 6. The Morgan fingerprint density at radius 1 is 1.19 bits per heavy atom. The number of carbonyl (C=O) groups is 2. The molecule has 0 saturated carbocycles. The Bertz CT molecular complexity index is 447. The fourth-order valence-corrected chi connectivity index (χ4v) is 2.29. The van der Waals surface area contributed by atoms with Gasteiger partial charge in [-0.25, -0.2) is 0 Å². The Morgan fingerprint density at radius 3 is 2.62 bits per heavy atom. The first-order valence-electron chi connectivity index (χ1n) is 7.09. The number of hydrogen-bond acceptors (Lipinski definition) is 3. The van der Waals surface area contributed by atoms with E-state index in [9.17, 15) is 9.59 Å². The SMILES string of the molecule is Cl.O=C(CC1CCCN1)NCCC(=O)Nc1ccccc1. The summed E-state index contributed by atoms with van der Waals surface area (Å²) in [6, 6.07) is 9.60. The van der Waals surface area contributed by atoms with Gasteiger partial charge in [0.15, 0.2) is 0 Å². The van der Waals surface area contributed by atoms with E-state index in [2.05, 4.69) is 16.0 Å². The van der Waals surface area contributed by atoms with Crippen LogP contribution in [-0.2, 0) is 9.59 Å². The highest BCUT2D eigenvalue weighted by molar-refractivity contribution is 5.91. The summed E-state index contributed by atoms with van der Waals surface area (Å²) < 4.78 is 0. The maximum absolute atomic E-state index is 11.7. The third kappa shape index (κ3) is 6.60. The first-order valence-corrected chi connectivity index (χ1v) is 7.09. The maximum atomic E-state index is 11.7. The molecule has 3 N–H and O–H groups in total. The third-order valence-corrected chi connectivity index (χ3v) is 3.33. The number of para-hydroxylation sites is 1. The van der Waals surface area contributed by atoms with Crippen LogP contribution in [0.25, 0.3) is 0 Å². The van der Waals surface area contributed by atoms with Crippen molar-refractivity contribution in [3.8, 4) is 0 Å². The van der Waals surface area contributed by atoms with Crippen LogP contribution in [0.3, 0.4) is 0 Å². The summed E-state index contributed by atoms with van der Waals surface area (Å²) in [7, 11) is 0. The Labute approximate surface area is 131 Å². The molecule has 1 aromatic rings. The van der Waals surface area contributed by atoms with Crippen LogP contribution in [0, 0.1) is 0 Å². The molecular weight excluding hydrogens is 290 g/mol. The minimum Gasteiger partial charge on any atom is -0.356 e. The van der Waals surface area contributed by atoms with Crippen molar-refractivity contribution < 1.29 is 9.59 Å². The first-order chi connectivity index (χ1) is 9.74. The van der Waals surface area contributed by atoms with E-state index < -0.39 is 0 Å². The van der Waals surface area contributed by atoms with E-state index in [0.717, 1.165) is 25.1 Å². The smallest absolute Gasteiger partial charge is 0.226 e. The fourth-order valence-electron chi connectivity index (χ4n) is 2.29. The fraction of sp³-hybridized carbons (Fsp3) is 0.467. The summed E-state index contributed by atoms with van der Waals surface area (Å²) >= 11 is 0. The summed E-state index contributed by atoms with van der Waals surface area (Å²) in [5, 5.41) is 8.85. The Morgan fingerprint density at radius 2 is 1.95 bits per heavy atom. The first kappa shape index (κ1) is 17.5. The summed E-state index contributed by atoms with van der Waals surface area (Å²) in [6.07, 6.45) is 2.98. The molecule has 1 aliphatic rings. The molecule has 116 valence electrons. The van der Waals surface area contributed by atoms with Gasteiger partial charge in [-0.2, -0.15) is 0 Å². The third-order valence-electron chi connectivity index (χ3n) is 3.33. The maximum Gasteiger partial charge on any atom is 0.226 e. The van der Waals surface area contributed by atoms with E-state index in [-0.39, 0.29) is 24.2 Å². The summed E-state index contributed by atoms with van der Waals surface area (Å²) in [5.41, 5.74) is 0.777. The molecule has 0 aromatic heterocycles. The highest BCUT2D eigenvalue weighted by Crippen LogP contribution is 2.08. The lowest BCUT2D eigenvalue weighted by Gasteiger charge is -2.10. The number of benzene rings is 1. The zero-order valence-corrected chi connectivity index (χ0v) is 12.7. The average Bonchev–Trinajstić information content (AvgIpc) is 2.92. The summed E-state index contributed by atoms with van der Waals surface area (Å²) in [6.45, 7) is 1.38. The van der Waals surface area contributed by atoms with Gasteiger partial charge < -0.3 is 16.0 Å². The van der Waals surface area contributed by atoms with E-state index in [1.54, 1.807) is 0 Å². The van der Waals surface area contributed by atoms with Gasteiger partial charge in [0.2, 0.25) is 11.8 Å². The second-order valence-electron chi connectivity index (χ2n) is 5.01. The molecule has 5 nitrogen and oxygen atoms in total. The van der Waals surface area contributed by atoms with Gasteiger partial charge in [-0.05, 0) is 31.5 Å². The molecule has 1 saturated heterocycles. The summed E-state index contributed by atoms with van der Waals surface area (Å²) in [4.78, 5) is 23.3. The predicted octanol–water partition coefficient (Wildman–Crippen LogP) is 1.70. The molecule has 0 radical (unpaired) electrons. The molecule has 0 aliphatic carbocycles. The quantitative estimate of drug-likeness (QED) is 0.749. The van der Waals surface area contributed by atoms with Crippen molar-refractivity contribution in [2.45, 2.75) is 31.7 Å². The van der Waals surface area contributed by atoms with Crippen molar-refractivity contribution in [1.29, 1.82) is 0 Å². The van der Waals surface area contributed by atoms with Crippen molar-refractivity contribution in [3.63, 3.8) is 0 Å². The van der Waals surface area contributed by atoms with E-state index in [4.69, 9.17) is 0 Å². The highest BCUT2D eigenvalue weighted by atomic mass is 35.5. The molecule has 1 atom stereocenters. The Balaban J connectivity index is 0.00000220. The van der Waals surface area contributed by atoms with Crippen LogP contribution in [0.1, 0.15) is 25.7 Å². The predicted molar refractivity (Wildman–Crippen MR) is 85.6 cm³/mol. The number of nitrogens with one attached hydrogen (secondary N) is 3. The lowest BCUT2D eigenvalue weighted by molar-refractivity contribution is -0.121. The lowest BCUT2D eigenvalue weighted by Crippen LogP contribution is -2.33. The van der Waals surface area contributed by atoms with Gasteiger partial charge in [-0.3, -0.25) is 9.59 Å². The number of anilines is 1. The summed E-state index contributed by atoms with van der Waals surface area (Å²) in [5.74, 6) is -0.0765. The largest absolute Gasteiger partial charge is 0.356 e. The molecule has 1 aliphatic heterocycles. The van der Waals surface area contributed by atoms with Gasteiger partial charge in [0, 0.05) is 31.1 Å². The Kier molecular flexibility index (Phi) is 7.79. The van der Waals surface area contributed by atoms with Crippen molar-refractivity contribution in [2.75, 3.05) is 18.4 Å². The molecule has 2 rings (SSSR count). The second-order valence-corrected chi connectivity index (χ2v) is 5.01. The van der Waals surface area contributed by atoms with Crippen LogP contribution in [-0.4, -0.2) is 30.9 Å². The molecule has 2 amide bonds. The molecule has 1 aromatic carbocycles. The van der Waals surface area contributed by atoms with Gasteiger partial charge >= 0.3 is 0 Å². The molecule has 0 bridgehead atoms. The molecular formula is C15H22ClN3O2. The van der Waals surface area contributed by atoms with E-state index in [1.807, 2.05) is 30.3 Å². The zero-order valence-electron chi connectivity index (χ0n) is 11.9. The van der Waals surface area contributed by atoms with Crippen LogP contribution >= 0.6 is 12.4 Å². The van der Waals surface area contributed by atoms with Crippen molar-refractivity contribution in [2.24, 2.45) is 0 Å². The van der Waals surface area contributed by atoms with Gasteiger partial charge in [-0.15, -0.1) is 12.4 Å². The van der Waals surface area contributed by atoms with E-state index in [1.165, 1.54) is 0 Å². The standard InChI is InChI=1S/C15H21N3O2.ClH/c19-14(18-12-5-2-1-3-6-12)8-10-17-15(20)11-13-7-4-9-16-13;/h1-3,5-6,13,16H,4,7-11H2,(H,17,20)(H,18,19);1H. The topological polar surface area (TPSA) is 70.2 Å². The molecule has 0 spiro atoms. The number of carbonyl (C=O) groups excluding carboxylic acids is 2. The molecule has 1 heterocycles. The minimum atomic E-state index is -0.0875. The lowest BCUT2D eigenvalue weighted by atomic mass is 10.1. The zero-order chi connectivity index (χ0) is 14.2. The molecule has 1 fully saturated rings. The van der Waals surface area contributed by atoms with E-state index in [0.29, 0.717) is 25.4 Å². The van der Waals surface area contributed by atoms with E-state index >= 15 is 0 Å². The van der Waals surface area contributed by atoms with Crippen LogP contribution < -0.4 is 16.0 Å². The number of hydrogen-bond donors (Lipinski definition) is 3. The van der Waals surface area contributed by atoms with Gasteiger partial charge in [0.25, 0.3) is 0 Å². The van der Waals surface area contributed by atoms with Crippen LogP contribution in [0.5, 0.6) is 0 Å². The monoisotopic (exact) mass is 311 g/mol. The van der Waals surface area contributed by atoms with Crippen molar-refractivity contribution >= 4 is 29.9 Å². The molecule has 1 unspecified atom stereocenters. The van der Waals surface area contributed by atoms with Gasteiger partial charge in [0.05, 0.1) is 0 Å². The van der Waals surface area contributed by atoms with Gasteiger partial charge in [-0.1, -0.05) is 18.2 Å². The van der Waals surface area contributed by atoms with Crippen LogP contribution in [0.4, 0.5) is 5.69 Å². The molecule has 6 heteroatoms.